The molecule has 0 unspecified atom stereocenters. The summed E-state index contributed by atoms with van der Waals surface area (Å²) in [4.78, 5) is 28.3. The molecule has 80 valence electrons. The summed E-state index contributed by atoms with van der Waals surface area (Å²) >= 11 is 0. The smallest absolute Gasteiger partial charge is 0.370 e. The van der Waals surface area contributed by atoms with E-state index in [2.05, 4.69) is 9.82 Å². The van der Waals surface area contributed by atoms with Crippen LogP contribution >= 0.6 is 0 Å². The van der Waals surface area contributed by atoms with E-state index in [0.717, 1.165) is 0 Å². The summed E-state index contributed by atoms with van der Waals surface area (Å²) in [6.45, 7) is -0.243. The van der Waals surface area contributed by atoms with Gasteiger partial charge in [0, 0.05) is 6.20 Å². The van der Waals surface area contributed by atoms with Crippen LogP contribution in [0.15, 0.2) is 23.7 Å². The Morgan fingerprint density at radius 2 is 2.40 bits per heavy atom. The van der Waals surface area contributed by atoms with Crippen LogP contribution in [0.5, 0.6) is 0 Å². The Bertz CT molecular complexity index is 351. The third kappa shape index (κ3) is 2.79. The normalized spacial score (nSPS) is 11.9. The van der Waals surface area contributed by atoms with Gasteiger partial charge in [0.05, 0.1) is 23.9 Å². The SMILES string of the molecule is N[C@@H](CO)c1ccc(C(=O)ON=O)cn1. The number of rotatable bonds is 4. The number of nitrogens with zero attached hydrogens (tertiary/aromatic N) is 2. The maximum Gasteiger partial charge on any atom is 0.370 e. The molecule has 0 aliphatic carbocycles. The maximum absolute atomic E-state index is 11.0. The number of aliphatic hydroxyl groups is 1. The van der Waals surface area contributed by atoms with Crippen LogP contribution in [0.25, 0.3) is 0 Å². The predicted octanol–water partition coefficient (Wildman–Crippen LogP) is -0.0881. The fourth-order valence-electron chi connectivity index (χ4n) is 0.925. The molecule has 3 N–H and O–H groups in total. The molecule has 15 heavy (non-hydrogen) atoms. The summed E-state index contributed by atoms with van der Waals surface area (Å²) in [6.07, 6.45) is 1.19. The van der Waals surface area contributed by atoms with Crippen molar-refractivity contribution >= 4 is 5.97 Å². The molecule has 0 saturated heterocycles. The number of carbonyl (C=O) groups excluding carboxylic acids is 1. The summed E-state index contributed by atoms with van der Waals surface area (Å²) in [5.41, 5.74) is 6.01. The Labute approximate surface area is 84.8 Å². The van der Waals surface area contributed by atoms with E-state index in [1.54, 1.807) is 0 Å². The van der Waals surface area contributed by atoms with Crippen LogP contribution in [0, 0.1) is 4.91 Å². The van der Waals surface area contributed by atoms with Gasteiger partial charge in [-0.1, -0.05) is 0 Å². The highest BCUT2D eigenvalue weighted by Gasteiger charge is 2.10. The Morgan fingerprint density at radius 3 is 2.87 bits per heavy atom. The standard InChI is InChI=1S/C8H9N3O4/c9-6(4-12)7-2-1-5(3-10-7)8(13)15-11-14/h1-3,6,12H,4,9H2/t6-/m0/s1. The van der Waals surface area contributed by atoms with Crippen LogP contribution in [0.2, 0.25) is 0 Å². The summed E-state index contributed by atoms with van der Waals surface area (Å²) in [6, 6.07) is 2.24. The summed E-state index contributed by atoms with van der Waals surface area (Å²) in [5, 5.41) is 10.7. The second kappa shape index (κ2) is 5.13. The number of carbonyl (C=O) groups is 1. The summed E-state index contributed by atoms with van der Waals surface area (Å²) < 4.78 is 0. The minimum absolute atomic E-state index is 0.0866. The van der Waals surface area contributed by atoms with E-state index in [-0.39, 0.29) is 12.2 Å². The van der Waals surface area contributed by atoms with Gasteiger partial charge in [-0.3, -0.25) is 9.82 Å². The molecule has 1 aromatic heterocycles. The molecule has 0 aliphatic rings. The maximum atomic E-state index is 11.0. The molecule has 0 bridgehead atoms. The molecule has 7 nitrogen and oxygen atoms in total. The first kappa shape index (κ1) is 11.2. The molecule has 0 fully saturated rings. The average molecular weight is 211 g/mol. The van der Waals surface area contributed by atoms with Crippen molar-refractivity contribution in [3.8, 4) is 0 Å². The van der Waals surface area contributed by atoms with Gasteiger partial charge in [0.1, 0.15) is 0 Å². The van der Waals surface area contributed by atoms with Crippen LogP contribution in [-0.4, -0.2) is 22.7 Å². The molecule has 7 heteroatoms. The number of aromatic nitrogens is 1. The van der Waals surface area contributed by atoms with Crippen LogP contribution in [0.1, 0.15) is 22.1 Å². The van der Waals surface area contributed by atoms with E-state index >= 15 is 0 Å². The van der Waals surface area contributed by atoms with Crippen molar-refractivity contribution in [3.63, 3.8) is 0 Å². The molecule has 0 radical (unpaired) electrons. The van der Waals surface area contributed by atoms with Crippen molar-refractivity contribution in [2.75, 3.05) is 6.61 Å². The minimum atomic E-state index is -0.887. The molecule has 0 amide bonds. The Hall–Kier alpha value is -1.86. The molecule has 1 rings (SSSR count). The Balaban J connectivity index is 2.80. The fraction of sp³-hybridized carbons (Fsp3) is 0.250. The quantitative estimate of drug-likeness (QED) is 0.531. The van der Waals surface area contributed by atoms with Gasteiger partial charge in [-0.15, -0.1) is 4.91 Å². The van der Waals surface area contributed by atoms with Crippen molar-refractivity contribution in [1.29, 1.82) is 0 Å². The molecule has 0 saturated carbocycles. The van der Waals surface area contributed by atoms with E-state index in [1.807, 2.05) is 5.34 Å². The lowest BCUT2D eigenvalue weighted by Crippen LogP contribution is -2.16. The van der Waals surface area contributed by atoms with Gasteiger partial charge in [-0.2, -0.15) is 0 Å². The van der Waals surface area contributed by atoms with Gasteiger partial charge in [0.2, 0.25) is 0 Å². The molecule has 0 aromatic carbocycles. The second-order valence-corrected chi connectivity index (χ2v) is 2.71. The molecular weight excluding hydrogens is 202 g/mol. The summed E-state index contributed by atoms with van der Waals surface area (Å²) in [7, 11) is 0. The molecule has 0 aliphatic heterocycles. The zero-order valence-corrected chi connectivity index (χ0v) is 7.66. The first-order chi connectivity index (χ1) is 7.19. The molecule has 1 aromatic rings. The second-order valence-electron chi connectivity index (χ2n) is 2.71. The molecule has 0 spiro atoms. The Morgan fingerprint density at radius 1 is 1.67 bits per heavy atom. The van der Waals surface area contributed by atoms with Crippen LogP contribution in [-0.2, 0) is 4.84 Å². The fourth-order valence-corrected chi connectivity index (χ4v) is 0.925. The van der Waals surface area contributed by atoms with Crippen molar-refractivity contribution < 1.29 is 14.7 Å². The monoisotopic (exact) mass is 211 g/mol. The molecule has 1 atom stereocenters. The van der Waals surface area contributed by atoms with Crippen molar-refractivity contribution in [2.45, 2.75) is 6.04 Å². The lowest BCUT2D eigenvalue weighted by molar-refractivity contribution is 0.0508. The number of nitrogens with two attached hydrogens (primary N) is 1. The third-order valence-electron chi connectivity index (χ3n) is 1.72. The number of aliphatic hydroxyl groups excluding tert-OH is 1. The zero-order chi connectivity index (χ0) is 11.3. The van der Waals surface area contributed by atoms with Gasteiger partial charge in [-0.25, -0.2) is 4.79 Å². The topological polar surface area (TPSA) is 115 Å². The van der Waals surface area contributed by atoms with Crippen molar-refractivity contribution in [1.82, 2.24) is 4.98 Å². The number of hydrogen-bond donors (Lipinski definition) is 2. The highest BCUT2D eigenvalue weighted by molar-refractivity contribution is 5.88. The van der Waals surface area contributed by atoms with E-state index in [4.69, 9.17) is 10.8 Å². The van der Waals surface area contributed by atoms with Crippen molar-refractivity contribution in [3.05, 3.63) is 34.5 Å². The largest absolute Gasteiger partial charge is 0.394 e. The number of hydrogen-bond acceptors (Lipinski definition) is 7. The van der Waals surface area contributed by atoms with Crippen molar-refractivity contribution in [2.24, 2.45) is 11.1 Å². The highest BCUT2D eigenvalue weighted by Crippen LogP contribution is 2.08. The average Bonchev–Trinajstić information content (AvgIpc) is 2.28. The molecule has 1 heterocycles. The number of pyridine rings is 1. The Kier molecular flexibility index (Phi) is 3.83. The zero-order valence-electron chi connectivity index (χ0n) is 7.66. The first-order valence-electron chi connectivity index (χ1n) is 4.05. The van der Waals surface area contributed by atoms with Gasteiger partial charge in [-0.05, 0) is 12.1 Å². The lowest BCUT2D eigenvalue weighted by atomic mass is 10.2. The van der Waals surface area contributed by atoms with Gasteiger partial charge < -0.3 is 10.8 Å². The first-order valence-corrected chi connectivity index (χ1v) is 4.05. The van der Waals surface area contributed by atoms with Gasteiger partial charge in [0.25, 0.3) is 0 Å². The third-order valence-corrected chi connectivity index (χ3v) is 1.72. The highest BCUT2D eigenvalue weighted by atomic mass is 16.7. The predicted molar refractivity (Wildman–Crippen MR) is 49.5 cm³/mol. The van der Waals surface area contributed by atoms with Gasteiger partial charge >= 0.3 is 5.97 Å². The molecular formula is C8H9N3O4. The minimum Gasteiger partial charge on any atom is -0.394 e. The van der Waals surface area contributed by atoms with Gasteiger partial charge in [0.15, 0.2) is 5.34 Å². The van der Waals surface area contributed by atoms with E-state index in [9.17, 15) is 9.70 Å². The van der Waals surface area contributed by atoms with E-state index < -0.39 is 12.0 Å². The van der Waals surface area contributed by atoms with Crippen LogP contribution in [0.4, 0.5) is 0 Å². The van der Waals surface area contributed by atoms with Crippen LogP contribution in [0.3, 0.4) is 0 Å². The van der Waals surface area contributed by atoms with E-state index in [1.165, 1.54) is 18.3 Å². The lowest BCUT2D eigenvalue weighted by Gasteiger charge is -2.06. The summed E-state index contributed by atoms with van der Waals surface area (Å²) in [5.74, 6) is -0.887. The van der Waals surface area contributed by atoms with Crippen LogP contribution < -0.4 is 5.73 Å². The van der Waals surface area contributed by atoms with E-state index in [0.29, 0.717) is 5.69 Å².